The van der Waals surface area contributed by atoms with Crippen LogP contribution in [-0.2, 0) is 0 Å². The van der Waals surface area contributed by atoms with Crippen molar-refractivity contribution < 1.29 is 0 Å². The molecular weight excluding hydrogens is 456 g/mol. The van der Waals surface area contributed by atoms with E-state index in [0.717, 1.165) is 33.9 Å². The molecule has 2 aromatic heterocycles. The second kappa shape index (κ2) is 21.1. The van der Waals surface area contributed by atoms with E-state index in [0.29, 0.717) is 5.28 Å². The Bertz CT molecular complexity index is 920. The Balaban J connectivity index is -0.00000104. The molecule has 3 rings (SSSR count). The summed E-state index contributed by atoms with van der Waals surface area (Å²) in [5, 5.41) is 3.72. The molecule has 0 saturated carbocycles. The molecule has 0 aliphatic rings. The fourth-order valence-corrected chi connectivity index (χ4v) is 2.87. The second-order valence-electron chi connectivity index (χ2n) is 5.77. The van der Waals surface area contributed by atoms with E-state index in [1.54, 1.807) is 6.20 Å². The number of allylic oxidation sites excluding steroid dienone is 1. The van der Waals surface area contributed by atoms with Crippen LogP contribution in [0.2, 0.25) is 5.28 Å². The van der Waals surface area contributed by atoms with Crippen molar-refractivity contribution in [1.82, 2.24) is 14.5 Å². The van der Waals surface area contributed by atoms with Gasteiger partial charge in [0.25, 0.3) is 0 Å². The number of aryl methyl sites for hydroxylation is 2. The topological polar surface area (TPSA) is 42.7 Å². The average molecular weight is 497 g/mol. The third kappa shape index (κ3) is 11.5. The van der Waals surface area contributed by atoms with Gasteiger partial charge in [0, 0.05) is 23.8 Å². The Kier molecular flexibility index (Phi) is 23.1. The number of nitrogens with zero attached hydrogens (tertiary/aromatic N) is 3. The Morgan fingerprint density at radius 2 is 1.64 bits per heavy atom. The Labute approximate surface area is 237 Å². The molecule has 0 bridgehead atoms. The van der Waals surface area contributed by atoms with E-state index in [9.17, 15) is 0 Å². The first-order valence-electron chi connectivity index (χ1n) is 11.1. The molecule has 6 heteroatoms. The molecular formula is C27H41CaClN4. The van der Waals surface area contributed by atoms with Gasteiger partial charge >= 0.3 is 37.7 Å². The Morgan fingerprint density at radius 3 is 2.12 bits per heavy atom. The van der Waals surface area contributed by atoms with Crippen molar-refractivity contribution in [3.63, 3.8) is 0 Å². The predicted octanol–water partition coefficient (Wildman–Crippen LogP) is 8.34. The minimum atomic E-state index is 0. The van der Waals surface area contributed by atoms with Crippen LogP contribution in [0.15, 0.2) is 48.8 Å². The molecule has 0 amide bonds. The van der Waals surface area contributed by atoms with Gasteiger partial charge in [0.15, 0.2) is 0 Å². The van der Waals surface area contributed by atoms with Crippen molar-refractivity contribution in [3.8, 4) is 5.69 Å². The fraction of sp³-hybridized carbons (Fsp3) is 0.333. The summed E-state index contributed by atoms with van der Waals surface area (Å²) in [6.45, 7) is 20.0. The number of hydrogen-bond donors (Lipinski definition) is 1. The van der Waals surface area contributed by atoms with Gasteiger partial charge in [0.1, 0.15) is 5.82 Å². The standard InChI is InChI=1S/C20H20ClN4.3C2H6.CH3.Ca/c1-4-5-17-7-9-19(24-15(17)3)23-13-16-6-8-18(14(2)12-16)25-11-10-22-20(25)21;3*1-2;;/h4-13H,1-3H3,(H,23,24);3*1-2H3;1H3;/q-1;;;;-1;+2/b5-4-;;;;;. The van der Waals surface area contributed by atoms with Crippen molar-refractivity contribution in [2.24, 2.45) is 0 Å². The van der Waals surface area contributed by atoms with Gasteiger partial charge < -0.3 is 12.7 Å². The summed E-state index contributed by atoms with van der Waals surface area (Å²) in [4.78, 5) is 8.63. The largest absolute Gasteiger partial charge is 2.00 e. The summed E-state index contributed by atoms with van der Waals surface area (Å²) in [7, 11) is 0. The Hall–Kier alpha value is -1.46. The number of aromatic nitrogens is 3. The van der Waals surface area contributed by atoms with Gasteiger partial charge in [-0.3, -0.25) is 4.57 Å². The van der Waals surface area contributed by atoms with Crippen LogP contribution < -0.4 is 5.32 Å². The van der Waals surface area contributed by atoms with E-state index >= 15 is 0 Å². The summed E-state index contributed by atoms with van der Waals surface area (Å²) < 4.78 is 1.86. The van der Waals surface area contributed by atoms with Gasteiger partial charge in [-0.25, -0.2) is 9.97 Å². The van der Waals surface area contributed by atoms with E-state index in [1.165, 1.54) is 0 Å². The van der Waals surface area contributed by atoms with Crippen molar-refractivity contribution in [3.05, 3.63) is 90.4 Å². The van der Waals surface area contributed by atoms with Crippen LogP contribution in [0.4, 0.5) is 5.82 Å². The van der Waals surface area contributed by atoms with Crippen molar-refractivity contribution in [2.75, 3.05) is 5.32 Å². The number of halogens is 1. The molecule has 1 aromatic carbocycles. The van der Waals surface area contributed by atoms with Crippen LogP contribution in [-0.4, -0.2) is 52.3 Å². The molecule has 0 aliphatic heterocycles. The zero-order chi connectivity index (χ0) is 23.8. The zero-order valence-electron chi connectivity index (χ0n) is 22.2. The number of imidazole rings is 1. The van der Waals surface area contributed by atoms with Crippen LogP contribution in [0.1, 0.15) is 70.9 Å². The summed E-state index contributed by atoms with van der Waals surface area (Å²) in [6.07, 6.45) is 7.61. The minimum Gasteiger partial charge on any atom is -0.399 e. The van der Waals surface area contributed by atoms with Crippen LogP contribution in [0, 0.1) is 27.8 Å². The quantitative estimate of drug-likeness (QED) is 0.285. The maximum atomic E-state index is 6.10. The maximum Gasteiger partial charge on any atom is 2.00 e. The van der Waals surface area contributed by atoms with Gasteiger partial charge in [-0.15, -0.1) is 0 Å². The molecule has 4 nitrogen and oxygen atoms in total. The van der Waals surface area contributed by atoms with E-state index in [2.05, 4.69) is 40.4 Å². The summed E-state index contributed by atoms with van der Waals surface area (Å²) >= 11 is 6.10. The van der Waals surface area contributed by atoms with Crippen LogP contribution >= 0.6 is 11.6 Å². The number of hydrogen-bond acceptors (Lipinski definition) is 3. The molecule has 2 heterocycles. The van der Waals surface area contributed by atoms with Gasteiger partial charge in [-0.1, -0.05) is 71.9 Å². The van der Waals surface area contributed by atoms with Gasteiger partial charge in [0.2, 0.25) is 5.28 Å². The molecule has 3 aromatic rings. The Morgan fingerprint density at radius 1 is 1.00 bits per heavy atom. The van der Waals surface area contributed by atoms with E-state index < -0.39 is 0 Å². The SMILES string of the molecule is C/C=C\c1ccc(N[CH-]c2ccc(-n3ccnc3Cl)c(C)c2)nc1C.CC.CC.CC.[CH3-].[Ca+2]. The van der Waals surface area contributed by atoms with E-state index in [1.807, 2.05) is 97.0 Å². The maximum absolute atomic E-state index is 6.10. The second-order valence-corrected chi connectivity index (χ2v) is 6.11. The number of pyridine rings is 1. The van der Waals surface area contributed by atoms with E-state index in [-0.39, 0.29) is 45.2 Å². The van der Waals surface area contributed by atoms with Gasteiger partial charge in [0.05, 0.1) is 0 Å². The molecule has 0 fully saturated rings. The molecule has 0 atom stereocenters. The molecule has 1 N–H and O–H groups in total. The molecule has 0 radical (unpaired) electrons. The molecule has 0 unspecified atom stereocenters. The summed E-state index contributed by atoms with van der Waals surface area (Å²) in [6, 6.07) is 10.2. The number of nitrogens with one attached hydrogen (secondary N) is 1. The van der Waals surface area contributed by atoms with Crippen molar-refractivity contribution >= 4 is 61.2 Å². The fourth-order valence-electron chi connectivity index (χ4n) is 2.67. The predicted molar refractivity (Wildman–Crippen MR) is 150 cm³/mol. The van der Waals surface area contributed by atoms with Gasteiger partial charge in [-0.2, -0.15) is 17.7 Å². The molecule has 33 heavy (non-hydrogen) atoms. The summed E-state index contributed by atoms with van der Waals surface area (Å²) in [5.41, 5.74) is 5.32. The van der Waals surface area contributed by atoms with Crippen molar-refractivity contribution in [2.45, 2.75) is 62.3 Å². The van der Waals surface area contributed by atoms with E-state index in [4.69, 9.17) is 11.6 Å². The van der Waals surface area contributed by atoms with Gasteiger partial charge in [-0.05, 0) is 50.1 Å². The first-order chi connectivity index (χ1) is 15.1. The van der Waals surface area contributed by atoms with Crippen LogP contribution in [0.3, 0.4) is 0 Å². The third-order valence-electron chi connectivity index (χ3n) is 3.94. The zero-order valence-corrected chi connectivity index (χ0v) is 25.2. The molecule has 178 valence electrons. The minimum absolute atomic E-state index is 0. The van der Waals surface area contributed by atoms with Crippen LogP contribution in [0.25, 0.3) is 11.8 Å². The van der Waals surface area contributed by atoms with Crippen LogP contribution in [0.5, 0.6) is 0 Å². The summed E-state index contributed by atoms with van der Waals surface area (Å²) in [5.74, 6) is 0.824. The number of benzene rings is 1. The third-order valence-corrected chi connectivity index (χ3v) is 4.22. The number of anilines is 1. The normalized spacial score (nSPS) is 8.91. The average Bonchev–Trinajstić information content (AvgIpc) is 3.24. The molecule has 0 spiro atoms. The smallest absolute Gasteiger partial charge is 0.399 e. The monoisotopic (exact) mass is 496 g/mol. The molecule has 0 aliphatic carbocycles. The first-order valence-corrected chi connectivity index (χ1v) is 11.5. The first kappa shape index (κ1) is 36.1. The molecule has 0 saturated heterocycles. The number of rotatable bonds is 5. The van der Waals surface area contributed by atoms with Crippen molar-refractivity contribution in [1.29, 1.82) is 0 Å².